The lowest BCUT2D eigenvalue weighted by Crippen LogP contribution is -2.60. The molecule has 108 valence electrons. The highest BCUT2D eigenvalue weighted by Gasteiger charge is 2.51. The van der Waals surface area contributed by atoms with Gasteiger partial charge in [-0.05, 0) is 17.7 Å². The first-order valence-electron chi connectivity index (χ1n) is 6.96. The maximum Gasteiger partial charge on any atom is 0.235 e. The third-order valence-electron chi connectivity index (χ3n) is 3.92. The molecule has 1 aliphatic heterocycles. The molecule has 0 unspecified atom stereocenters. The van der Waals surface area contributed by atoms with Crippen LogP contribution in [0.4, 0.5) is 5.69 Å². The van der Waals surface area contributed by atoms with E-state index in [-0.39, 0.29) is 11.9 Å². The van der Waals surface area contributed by atoms with Gasteiger partial charge in [-0.25, -0.2) is 0 Å². The molecule has 2 N–H and O–H groups in total. The molecular weight excluding hydrogens is 266 g/mol. The van der Waals surface area contributed by atoms with Crippen LogP contribution in [0.15, 0.2) is 60.7 Å². The Labute approximate surface area is 123 Å². The van der Waals surface area contributed by atoms with E-state index in [9.17, 15) is 15.0 Å². The maximum atomic E-state index is 12.4. The minimum atomic E-state index is -1.04. The van der Waals surface area contributed by atoms with E-state index >= 15 is 0 Å². The van der Waals surface area contributed by atoms with Crippen LogP contribution in [-0.2, 0) is 4.79 Å². The summed E-state index contributed by atoms with van der Waals surface area (Å²) in [5.74, 6) is -0.755. The van der Waals surface area contributed by atoms with Gasteiger partial charge < -0.3 is 15.1 Å². The molecule has 0 bridgehead atoms. The number of nitrogens with zero attached hydrogens (tertiary/aromatic N) is 1. The van der Waals surface area contributed by atoms with E-state index in [0.717, 1.165) is 11.3 Å². The van der Waals surface area contributed by atoms with Crippen LogP contribution in [0.5, 0.6) is 0 Å². The molecular formula is C17H17NO3. The van der Waals surface area contributed by atoms with Gasteiger partial charge in [0.2, 0.25) is 5.91 Å². The summed E-state index contributed by atoms with van der Waals surface area (Å²) in [6, 6.07) is 18.7. The lowest BCUT2D eigenvalue weighted by molar-refractivity contribution is -0.137. The fraction of sp³-hybridized carbons (Fsp3) is 0.235. The molecule has 0 saturated carbocycles. The van der Waals surface area contributed by atoms with E-state index in [0.29, 0.717) is 0 Å². The zero-order valence-electron chi connectivity index (χ0n) is 11.5. The molecule has 2 aromatic rings. The molecule has 21 heavy (non-hydrogen) atoms. The third-order valence-corrected chi connectivity index (χ3v) is 3.92. The molecule has 3 rings (SSSR count). The number of aliphatic hydroxyl groups is 2. The van der Waals surface area contributed by atoms with Crippen molar-refractivity contribution in [3.63, 3.8) is 0 Å². The van der Waals surface area contributed by atoms with Crippen molar-refractivity contribution < 1.29 is 15.0 Å². The second kappa shape index (κ2) is 5.68. The Hall–Kier alpha value is -2.17. The second-order valence-corrected chi connectivity index (χ2v) is 5.18. The molecule has 0 aliphatic carbocycles. The van der Waals surface area contributed by atoms with Crippen LogP contribution in [-0.4, -0.2) is 28.8 Å². The van der Waals surface area contributed by atoms with Gasteiger partial charge in [-0.2, -0.15) is 0 Å². The molecule has 0 radical (unpaired) electrons. The van der Waals surface area contributed by atoms with Crippen molar-refractivity contribution in [2.24, 2.45) is 5.92 Å². The number of benzene rings is 2. The van der Waals surface area contributed by atoms with E-state index in [4.69, 9.17) is 0 Å². The van der Waals surface area contributed by atoms with Crippen LogP contribution >= 0.6 is 0 Å². The summed E-state index contributed by atoms with van der Waals surface area (Å²) in [7, 11) is 0. The number of hydrogen-bond donors (Lipinski definition) is 2. The standard InChI is InChI=1S/C17H17NO3/c19-11-14(20)15-16(12-7-3-1-4-8-12)18(17(15)21)13-9-5-2-6-10-13/h1-10,14-16,19-20H,11H2/t14-,15-,16+/m1/s1. The summed E-state index contributed by atoms with van der Waals surface area (Å²) >= 11 is 0. The van der Waals surface area contributed by atoms with E-state index in [1.54, 1.807) is 4.90 Å². The summed E-state index contributed by atoms with van der Waals surface area (Å²) < 4.78 is 0. The molecule has 1 amide bonds. The minimum absolute atomic E-state index is 0.156. The van der Waals surface area contributed by atoms with Gasteiger partial charge in [0.1, 0.15) is 0 Å². The van der Waals surface area contributed by atoms with Crippen molar-refractivity contribution >= 4 is 11.6 Å². The maximum absolute atomic E-state index is 12.4. The highest BCUT2D eigenvalue weighted by atomic mass is 16.3. The van der Waals surface area contributed by atoms with Gasteiger partial charge in [0.25, 0.3) is 0 Å². The molecule has 4 heteroatoms. The largest absolute Gasteiger partial charge is 0.394 e. The molecule has 1 heterocycles. The number of rotatable bonds is 4. The summed E-state index contributed by atoms with van der Waals surface area (Å²) in [5.41, 5.74) is 1.76. The highest BCUT2D eigenvalue weighted by Crippen LogP contribution is 2.44. The van der Waals surface area contributed by atoms with Crippen LogP contribution in [0, 0.1) is 5.92 Å². The van der Waals surface area contributed by atoms with Crippen molar-refractivity contribution in [3.8, 4) is 0 Å². The first kappa shape index (κ1) is 13.8. The summed E-state index contributed by atoms with van der Waals surface area (Å²) in [6.07, 6.45) is -1.04. The van der Waals surface area contributed by atoms with Crippen LogP contribution in [0.25, 0.3) is 0 Å². The third kappa shape index (κ3) is 2.33. The minimum Gasteiger partial charge on any atom is -0.394 e. The SMILES string of the molecule is O=C1[C@H]([C@H](O)CO)[C@H](c2ccccc2)N1c1ccccc1. The molecule has 4 nitrogen and oxygen atoms in total. The highest BCUT2D eigenvalue weighted by molar-refractivity contribution is 6.03. The van der Waals surface area contributed by atoms with Crippen molar-refractivity contribution in [3.05, 3.63) is 66.2 Å². The van der Waals surface area contributed by atoms with Gasteiger partial charge in [0, 0.05) is 5.69 Å². The summed E-state index contributed by atoms with van der Waals surface area (Å²) in [6.45, 7) is -0.414. The Bertz CT molecular complexity index is 614. The number of β-lactam (4-membered cyclic amide) rings is 1. The quantitative estimate of drug-likeness (QED) is 0.840. The number of carbonyl (C=O) groups excluding carboxylic acids is 1. The van der Waals surface area contributed by atoms with Gasteiger partial charge in [0.15, 0.2) is 0 Å². The predicted octanol–water partition coefficient (Wildman–Crippen LogP) is 1.74. The summed E-state index contributed by atoms with van der Waals surface area (Å²) in [5, 5.41) is 19.1. The topological polar surface area (TPSA) is 60.8 Å². The Kier molecular flexibility index (Phi) is 3.73. The smallest absolute Gasteiger partial charge is 0.235 e. The molecule has 1 aliphatic rings. The fourth-order valence-electron chi connectivity index (χ4n) is 2.88. The molecule has 2 aromatic carbocycles. The zero-order valence-corrected chi connectivity index (χ0v) is 11.5. The Morgan fingerprint density at radius 2 is 1.57 bits per heavy atom. The first-order chi connectivity index (χ1) is 10.2. The Morgan fingerprint density at radius 1 is 1.00 bits per heavy atom. The molecule has 1 fully saturated rings. The zero-order chi connectivity index (χ0) is 14.8. The van der Waals surface area contributed by atoms with Crippen molar-refractivity contribution in [2.45, 2.75) is 12.1 Å². The van der Waals surface area contributed by atoms with E-state index in [1.165, 1.54) is 0 Å². The van der Waals surface area contributed by atoms with Gasteiger partial charge >= 0.3 is 0 Å². The number of carbonyl (C=O) groups is 1. The summed E-state index contributed by atoms with van der Waals surface area (Å²) in [4.78, 5) is 14.1. The lowest BCUT2D eigenvalue weighted by Gasteiger charge is -2.48. The van der Waals surface area contributed by atoms with Crippen molar-refractivity contribution in [1.82, 2.24) is 0 Å². The van der Waals surface area contributed by atoms with Gasteiger partial charge in [-0.15, -0.1) is 0 Å². The molecule has 0 aromatic heterocycles. The number of hydrogen-bond acceptors (Lipinski definition) is 3. The fourth-order valence-corrected chi connectivity index (χ4v) is 2.88. The first-order valence-corrected chi connectivity index (χ1v) is 6.96. The Balaban J connectivity index is 1.98. The van der Waals surface area contributed by atoms with Crippen molar-refractivity contribution in [1.29, 1.82) is 0 Å². The number of amides is 1. The van der Waals surface area contributed by atoms with Crippen LogP contribution < -0.4 is 4.90 Å². The normalized spacial score (nSPS) is 22.8. The van der Waals surface area contributed by atoms with Gasteiger partial charge in [-0.1, -0.05) is 48.5 Å². The average Bonchev–Trinajstić information content (AvgIpc) is 2.54. The number of para-hydroxylation sites is 1. The monoisotopic (exact) mass is 283 g/mol. The number of anilines is 1. The van der Waals surface area contributed by atoms with E-state index in [1.807, 2.05) is 60.7 Å². The van der Waals surface area contributed by atoms with Gasteiger partial charge in [0.05, 0.1) is 24.7 Å². The molecule has 0 spiro atoms. The molecule has 3 atom stereocenters. The van der Waals surface area contributed by atoms with Crippen LogP contribution in [0.1, 0.15) is 11.6 Å². The Morgan fingerprint density at radius 3 is 2.14 bits per heavy atom. The number of aliphatic hydroxyl groups excluding tert-OH is 2. The van der Waals surface area contributed by atoms with Gasteiger partial charge in [-0.3, -0.25) is 4.79 Å². The van der Waals surface area contributed by atoms with Crippen molar-refractivity contribution in [2.75, 3.05) is 11.5 Å². The van der Waals surface area contributed by atoms with E-state index in [2.05, 4.69) is 0 Å². The van der Waals surface area contributed by atoms with Crippen LogP contribution in [0.3, 0.4) is 0 Å². The second-order valence-electron chi connectivity index (χ2n) is 5.18. The predicted molar refractivity (Wildman–Crippen MR) is 79.7 cm³/mol. The average molecular weight is 283 g/mol. The lowest BCUT2D eigenvalue weighted by atomic mass is 9.78. The molecule has 1 saturated heterocycles. The van der Waals surface area contributed by atoms with Crippen LogP contribution in [0.2, 0.25) is 0 Å². The van der Waals surface area contributed by atoms with E-state index < -0.39 is 18.6 Å².